The Labute approximate surface area is 141 Å². The second-order valence-corrected chi connectivity index (χ2v) is 5.93. The Balaban J connectivity index is 2.30. The monoisotopic (exact) mass is 331 g/mol. The molecule has 2 aromatic heterocycles. The molecule has 2 heterocycles. The van der Waals surface area contributed by atoms with Crippen LogP contribution in [0.5, 0.6) is 0 Å². The van der Waals surface area contributed by atoms with Crippen LogP contribution in [0.15, 0.2) is 17.2 Å². The molecule has 0 aliphatic carbocycles. The fourth-order valence-electron chi connectivity index (χ4n) is 2.92. The summed E-state index contributed by atoms with van der Waals surface area (Å²) < 4.78 is 3.38. The molecule has 0 bridgehead atoms. The molecule has 0 fully saturated rings. The van der Waals surface area contributed by atoms with Crippen LogP contribution < -0.4 is 10.9 Å². The molecule has 2 aromatic rings. The summed E-state index contributed by atoms with van der Waals surface area (Å²) in [6.45, 7) is 10.7. The van der Waals surface area contributed by atoms with Crippen molar-refractivity contribution >= 4 is 5.91 Å². The van der Waals surface area contributed by atoms with E-state index in [-0.39, 0.29) is 23.1 Å². The Morgan fingerprint density at radius 1 is 1.33 bits per heavy atom. The zero-order chi connectivity index (χ0) is 17.9. The van der Waals surface area contributed by atoms with E-state index in [0.717, 1.165) is 18.7 Å². The first-order chi connectivity index (χ1) is 11.4. The lowest BCUT2D eigenvalue weighted by molar-refractivity contribution is 0.0934. The van der Waals surface area contributed by atoms with Gasteiger partial charge in [0.15, 0.2) is 0 Å². The highest BCUT2D eigenvalue weighted by Gasteiger charge is 2.21. The lowest BCUT2D eigenvalue weighted by Gasteiger charge is -2.16. The molecule has 2 rings (SSSR count). The van der Waals surface area contributed by atoms with Crippen LogP contribution in [0, 0.1) is 13.8 Å². The molecule has 7 nitrogen and oxygen atoms in total. The Bertz CT molecular complexity index is 791. The molecule has 0 saturated carbocycles. The maximum Gasteiger partial charge on any atom is 0.263 e. The summed E-state index contributed by atoms with van der Waals surface area (Å²) in [5.41, 5.74) is 1.47. The Morgan fingerprint density at radius 3 is 2.67 bits per heavy atom. The molecule has 7 heteroatoms. The van der Waals surface area contributed by atoms with Crippen LogP contribution in [0.4, 0.5) is 0 Å². The molecule has 1 atom stereocenters. The van der Waals surface area contributed by atoms with Crippen LogP contribution in [0.25, 0.3) is 0 Å². The minimum absolute atomic E-state index is 0.191. The van der Waals surface area contributed by atoms with Crippen molar-refractivity contribution in [2.24, 2.45) is 0 Å². The van der Waals surface area contributed by atoms with E-state index in [1.807, 2.05) is 26.8 Å². The maximum absolute atomic E-state index is 12.7. The molecule has 1 amide bonds. The number of carbonyl (C=O) groups excluding carboxylic acids is 1. The number of nitrogens with zero attached hydrogens (tertiary/aromatic N) is 4. The van der Waals surface area contributed by atoms with Gasteiger partial charge in [0, 0.05) is 18.8 Å². The third kappa shape index (κ3) is 3.39. The van der Waals surface area contributed by atoms with E-state index in [0.29, 0.717) is 17.9 Å². The molecule has 1 N–H and O–H groups in total. The molecule has 0 aliphatic heterocycles. The van der Waals surface area contributed by atoms with Gasteiger partial charge in [-0.3, -0.25) is 9.59 Å². The van der Waals surface area contributed by atoms with Crippen molar-refractivity contribution in [3.63, 3.8) is 0 Å². The average Bonchev–Trinajstić information content (AvgIpc) is 2.95. The van der Waals surface area contributed by atoms with Crippen LogP contribution in [-0.4, -0.2) is 25.2 Å². The van der Waals surface area contributed by atoms with Crippen molar-refractivity contribution in [1.29, 1.82) is 0 Å². The van der Waals surface area contributed by atoms with Crippen molar-refractivity contribution in [2.45, 2.75) is 60.2 Å². The molecular weight excluding hydrogens is 306 g/mol. The van der Waals surface area contributed by atoms with Crippen LogP contribution in [-0.2, 0) is 13.1 Å². The first-order valence-electron chi connectivity index (χ1n) is 8.30. The van der Waals surface area contributed by atoms with Gasteiger partial charge in [-0.05, 0) is 45.7 Å². The Kier molecular flexibility index (Phi) is 5.54. The summed E-state index contributed by atoms with van der Waals surface area (Å²) in [6, 6.07) is 1.53. The third-order valence-electron chi connectivity index (χ3n) is 4.06. The van der Waals surface area contributed by atoms with E-state index < -0.39 is 0 Å². The van der Waals surface area contributed by atoms with Gasteiger partial charge in [0.1, 0.15) is 17.7 Å². The number of aryl methyl sites for hydroxylation is 3. The Hall–Kier alpha value is -2.44. The van der Waals surface area contributed by atoms with Gasteiger partial charge < -0.3 is 9.88 Å². The molecule has 0 radical (unpaired) electrons. The zero-order valence-corrected chi connectivity index (χ0v) is 15.0. The van der Waals surface area contributed by atoms with Crippen LogP contribution >= 0.6 is 0 Å². The quantitative estimate of drug-likeness (QED) is 0.877. The van der Waals surface area contributed by atoms with Crippen LogP contribution in [0.2, 0.25) is 0 Å². The zero-order valence-electron chi connectivity index (χ0n) is 15.0. The van der Waals surface area contributed by atoms with Gasteiger partial charge in [0.05, 0.1) is 6.04 Å². The van der Waals surface area contributed by atoms with Gasteiger partial charge in [-0.15, -0.1) is 0 Å². The smallest absolute Gasteiger partial charge is 0.263 e. The lowest BCUT2D eigenvalue weighted by atomic mass is 10.1. The molecule has 0 aliphatic rings. The van der Waals surface area contributed by atoms with Gasteiger partial charge in [0.25, 0.3) is 11.5 Å². The van der Waals surface area contributed by atoms with E-state index in [2.05, 4.69) is 22.3 Å². The predicted molar refractivity (Wildman–Crippen MR) is 92.0 cm³/mol. The van der Waals surface area contributed by atoms with E-state index in [1.165, 1.54) is 6.33 Å². The van der Waals surface area contributed by atoms with E-state index in [1.54, 1.807) is 16.2 Å². The van der Waals surface area contributed by atoms with Crippen molar-refractivity contribution in [3.8, 4) is 0 Å². The van der Waals surface area contributed by atoms with Crippen LogP contribution in [0.3, 0.4) is 0 Å². The van der Waals surface area contributed by atoms with Crippen molar-refractivity contribution in [2.75, 3.05) is 0 Å². The van der Waals surface area contributed by atoms with Gasteiger partial charge in [-0.2, -0.15) is 5.10 Å². The van der Waals surface area contributed by atoms with E-state index in [4.69, 9.17) is 0 Å². The highest BCUT2D eigenvalue weighted by molar-refractivity contribution is 5.95. The number of nitrogens with one attached hydrogen (secondary N) is 1. The number of pyridine rings is 1. The standard InChI is InChI=1S/C17H25N5O2/c1-6-8-22-15(18-10-19-22)13(5)20-16(23)14-11(3)9-12(4)21(7-2)17(14)24/h9-10,13H,6-8H2,1-5H3,(H,20,23). The third-order valence-corrected chi connectivity index (χ3v) is 4.06. The molecule has 0 aromatic carbocycles. The molecule has 0 saturated heterocycles. The number of hydrogen-bond acceptors (Lipinski definition) is 4. The number of rotatable bonds is 6. The van der Waals surface area contributed by atoms with Crippen LogP contribution in [0.1, 0.15) is 60.7 Å². The molecule has 24 heavy (non-hydrogen) atoms. The lowest BCUT2D eigenvalue weighted by Crippen LogP contribution is -2.36. The molecule has 1 unspecified atom stereocenters. The molecule has 130 valence electrons. The first-order valence-corrected chi connectivity index (χ1v) is 8.30. The van der Waals surface area contributed by atoms with Gasteiger partial charge >= 0.3 is 0 Å². The van der Waals surface area contributed by atoms with Gasteiger partial charge in [-0.1, -0.05) is 6.92 Å². The number of hydrogen-bond donors (Lipinski definition) is 1. The summed E-state index contributed by atoms with van der Waals surface area (Å²) in [5.74, 6) is 0.309. The minimum Gasteiger partial charge on any atom is -0.342 e. The first kappa shape index (κ1) is 17.9. The fourth-order valence-corrected chi connectivity index (χ4v) is 2.92. The average molecular weight is 331 g/mol. The summed E-state index contributed by atoms with van der Waals surface area (Å²) >= 11 is 0. The van der Waals surface area contributed by atoms with E-state index in [9.17, 15) is 9.59 Å². The summed E-state index contributed by atoms with van der Waals surface area (Å²) in [7, 11) is 0. The fraction of sp³-hybridized carbons (Fsp3) is 0.529. The highest BCUT2D eigenvalue weighted by atomic mass is 16.2. The van der Waals surface area contributed by atoms with Gasteiger partial charge in [0.2, 0.25) is 0 Å². The highest BCUT2D eigenvalue weighted by Crippen LogP contribution is 2.12. The second kappa shape index (κ2) is 7.42. The van der Waals surface area contributed by atoms with Crippen molar-refractivity contribution in [3.05, 3.63) is 45.4 Å². The topological polar surface area (TPSA) is 81.8 Å². The number of carbonyl (C=O) groups is 1. The number of aromatic nitrogens is 4. The normalized spacial score (nSPS) is 12.2. The Morgan fingerprint density at radius 2 is 2.04 bits per heavy atom. The number of amides is 1. The van der Waals surface area contributed by atoms with Crippen molar-refractivity contribution in [1.82, 2.24) is 24.6 Å². The predicted octanol–water partition coefficient (Wildman–Crippen LogP) is 1.98. The largest absolute Gasteiger partial charge is 0.342 e. The minimum atomic E-state index is -0.377. The maximum atomic E-state index is 12.7. The summed E-state index contributed by atoms with van der Waals surface area (Å²) in [5, 5.41) is 7.04. The summed E-state index contributed by atoms with van der Waals surface area (Å²) in [6.07, 6.45) is 2.41. The molecular formula is C17H25N5O2. The SMILES string of the molecule is CCCn1ncnc1C(C)NC(=O)c1c(C)cc(C)n(CC)c1=O. The second-order valence-electron chi connectivity index (χ2n) is 5.93. The van der Waals surface area contributed by atoms with E-state index >= 15 is 0 Å². The summed E-state index contributed by atoms with van der Waals surface area (Å²) in [4.78, 5) is 29.5. The van der Waals surface area contributed by atoms with Gasteiger partial charge in [-0.25, -0.2) is 9.67 Å². The van der Waals surface area contributed by atoms with Crippen molar-refractivity contribution < 1.29 is 4.79 Å². The molecule has 0 spiro atoms.